The van der Waals surface area contributed by atoms with Crippen molar-refractivity contribution in [2.75, 3.05) is 7.05 Å². The first-order valence-electron chi connectivity index (χ1n) is 6.90. The van der Waals surface area contributed by atoms with Crippen LogP contribution in [-0.4, -0.2) is 25.0 Å². The Balaban J connectivity index is 2.61. The second-order valence-corrected chi connectivity index (χ2v) is 5.86. The number of hydrogen-bond acceptors (Lipinski definition) is 2. The van der Waals surface area contributed by atoms with E-state index in [9.17, 15) is 4.79 Å². The zero-order valence-corrected chi connectivity index (χ0v) is 12.7. The highest BCUT2D eigenvalue weighted by Gasteiger charge is 2.24. The highest BCUT2D eigenvalue weighted by Crippen LogP contribution is 2.28. The maximum Gasteiger partial charge on any atom is 0.236 e. The van der Waals surface area contributed by atoms with E-state index in [-0.39, 0.29) is 23.4 Å². The average Bonchev–Trinajstić information content (AvgIpc) is 2.38. The van der Waals surface area contributed by atoms with Crippen LogP contribution in [-0.2, 0) is 10.2 Å². The van der Waals surface area contributed by atoms with Crippen LogP contribution in [0.3, 0.4) is 0 Å². The van der Waals surface area contributed by atoms with Gasteiger partial charge in [-0.3, -0.25) is 4.79 Å². The summed E-state index contributed by atoms with van der Waals surface area (Å²) in [5.74, 6) is 0.0318. The van der Waals surface area contributed by atoms with Gasteiger partial charge in [-0.05, 0) is 31.2 Å². The van der Waals surface area contributed by atoms with E-state index in [1.807, 2.05) is 13.0 Å². The van der Waals surface area contributed by atoms with Crippen molar-refractivity contribution in [2.45, 2.75) is 51.6 Å². The summed E-state index contributed by atoms with van der Waals surface area (Å²) in [6, 6.07) is 10.6. The van der Waals surface area contributed by atoms with Crippen LogP contribution in [0.5, 0.6) is 0 Å². The summed E-state index contributed by atoms with van der Waals surface area (Å²) in [6.45, 7) is 8.51. The van der Waals surface area contributed by atoms with Gasteiger partial charge >= 0.3 is 0 Å². The molecule has 1 amide bonds. The number of carbonyl (C=O) groups excluding carboxylic acids is 1. The van der Waals surface area contributed by atoms with Crippen LogP contribution < -0.4 is 10.6 Å². The Hall–Kier alpha value is -1.35. The molecule has 2 unspecified atom stereocenters. The largest absolute Gasteiger partial charge is 0.358 e. The van der Waals surface area contributed by atoms with Crippen LogP contribution >= 0.6 is 0 Å². The lowest BCUT2D eigenvalue weighted by Gasteiger charge is -2.30. The molecule has 1 rings (SSSR count). The second-order valence-electron chi connectivity index (χ2n) is 5.86. The Kier molecular flexibility index (Phi) is 5.55. The summed E-state index contributed by atoms with van der Waals surface area (Å²) in [4.78, 5) is 11.5. The molecule has 1 aromatic carbocycles. The van der Waals surface area contributed by atoms with Gasteiger partial charge in [0.15, 0.2) is 0 Å². The lowest BCUT2D eigenvalue weighted by Crippen LogP contribution is -2.46. The number of likely N-dealkylation sites (N-methyl/N-ethyl adjacent to an activating group) is 1. The summed E-state index contributed by atoms with van der Waals surface area (Å²) in [6.07, 6.45) is 0.984. The summed E-state index contributed by atoms with van der Waals surface area (Å²) >= 11 is 0. The lowest BCUT2D eigenvalue weighted by atomic mass is 9.79. The van der Waals surface area contributed by atoms with Crippen molar-refractivity contribution in [3.63, 3.8) is 0 Å². The van der Waals surface area contributed by atoms with Crippen molar-refractivity contribution in [2.24, 2.45) is 0 Å². The summed E-state index contributed by atoms with van der Waals surface area (Å²) in [7, 11) is 1.67. The fourth-order valence-electron chi connectivity index (χ4n) is 2.55. The molecule has 0 aromatic heterocycles. The molecule has 0 radical (unpaired) electrons. The van der Waals surface area contributed by atoms with Gasteiger partial charge in [-0.2, -0.15) is 0 Å². The van der Waals surface area contributed by atoms with Crippen LogP contribution in [0.2, 0.25) is 0 Å². The van der Waals surface area contributed by atoms with Crippen LogP contribution in [0.15, 0.2) is 30.3 Å². The van der Waals surface area contributed by atoms with Gasteiger partial charge in [0, 0.05) is 13.1 Å². The van der Waals surface area contributed by atoms with Crippen molar-refractivity contribution >= 4 is 5.91 Å². The zero-order chi connectivity index (χ0) is 14.5. The predicted octanol–water partition coefficient (Wildman–Crippen LogP) is 2.47. The summed E-state index contributed by atoms with van der Waals surface area (Å²) < 4.78 is 0. The fourth-order valence-corrected chi connectivity index (χ4v) is 2.55. The van der Waals surface area contributed by atoms with Crippen molar-refractivity contribution in [1.29, 1.82) is 0 Å². The molecule has 19 heavy (non-hydrogen) atoms. The minimum absolute atomic E-state index is 0.0318. The molecule has 2 N–H and O–H groups in total. The van der Waals surface area contributed by atoms with Crippen LogP contribution in [0.25, 0.3) is 0 Å². The Morgan fingerprint density at radius 2 is 1.79 bits per heavy atom. The topological polar surface area (TPSA) is 41.1 Å². The normalized spacial score (nSPS) is 14.8. The highest BCUT2D eigenvalue weighted by molar-refractivity contribution is 5.80. The maximum absolute atomic E-state index is 11.5. The van der Waals surface area contributed by atoms with Crippen molar-refractivity contribution in [1.82, 2.24) is 10.6 Å². The molecule has 0 heterocycles. The van der Waals surface area contributed by atoms with Crippen molar-refractivity contribution < 1.29 is 4.79 Å². The number of rotatable bonds is 6. The predicted molar refractivity (Wildman–Crippen MR) is 80.2 cm³/mol. The third-order valence-corrected chi connectivity index (χ3v) is 3.55. The highest BCUT2D eigenvalue weighted by atomic mass is 16.2. The molecule has 0 aliphatic rings. The van der Waals surface area contributed by atoms with E-state index in [0.717, 1.165) is 6.42 Å². The van der Waals surface area contributed by atoms with Crippen LogP contribution in [0, 0.1) is 0 Å². The molecule has 106 valence electrons. The van der Waals surface area contributed by atoms with E-state index < -0.39 is 0 Å². The van der Waals surface area contributed by atoms with E-state index in [1.165, 1.54) is 5.56 Å². The number of hydrogen-bond donors (Lipinski definition) is 2. The van der Waals surface area contributed by atoms with Crippen LogP contribution in [0.1, 0.15) is 39.7 Å². The molecule has 0 bridgehead atoms. The molecule has 0 saturated carbocycles. The first-order valence-corrected chi connectivity index (χ1v) is 6.90. The maximum atomic E-state index is 11.5. The lowest BCUT2D eigenvalue weighted by molar-refractivity contribution is -0.122. The molecule has 0 saturated heterocycles. The fraction of sp³-hybridized carbons (Fsp3) is 0.562. The molecule has 0 aliphatic carbocycles. The quantitative estimate of drug-likeness (QED) is 0.827. The van der Waals surface area contributed by atoms with Crippen molar-refractivity contribution in [3.05, 3.63) is 35.9 Å². The Morgan fingerprint density at radius 1 is 1.21 bits per heavy atom. The minimum Gasteiger partial charge on any atom is -0.358 e. The average molecular weight is 262 g/mol. The van der Waals surface area contributed by atoms with Gasteiger partial charge in [0.25, 0.3) is 0 Å². The molecule has 2 atom stereocenters. The van der Waals surface area contributed by atoms with Gasteiger partial charge in [-0.25, -0.2) is 0 Å². The SMILES string of the molecule is CNC(=O)C(C)NC(C)CC(C)(C)c1ccccc1. The van der Waals surface area contributed by atoms with Crippen molar-refractivity contribution in [3.8, 4) is 0 Å². The number of carbonyl (C=O) groups is 1. The number of nitrogens with one attached hydrogen (secondary N) is 2. The Labute approximate surface area is 116 Å². The monoisotopic (exact) mass is 262 g/mol. The minimum atomic E-state index is -0.161. The van der Waals surface area contributed by atoms with E-state index >= 15 is 0 Å². The molecule has 1 aromatic rings. The summed E-state index contributed by atoms with van der Waals surface area (Å²) in [5.41, 5.74) is 1.42. The third kappa shape index (κ3) is 4.67. The van der Waals surface area contributed by atoms with E-state index in [0.29, 0.717) is 0 Å². The molecule has 3 nitrogen and oxygen atoms in total. The number of amides is 1. The molecule has 0 fully saturated rings. The van der Waals surface area contributed by atoms with Crippen LogP contribution in [0.4, 0.5) is 0 Å². The first kappa shape index (κ1) is 15.7. The third-order valence-electron chi connectivity index (χ3n) is 3.55. The van der Waals surface area contributed by atoms with Gasteiger partial charge in [0.2, 0.25) is 5.91 Å². The Morgan fingerprint density at radius 3 is 2.32 bits per heavy atom. The van der Waals surface area contributed by atoms with Gasteiger partial charge in [0.1, 0.15) is 0 Å². The smallest absolute Gasteiger partial charge is 0.236 e. The summed E-state index contributed by atoms with van der Waals surface area (Å²) in [5, 5.41) is 6.01. The molecule has 0 aliphatic heterocycles. The molecular weight excluding hydrogens is 236 g/mol. The van der Waals surface area contributed by atoms with E-state index in [1.54, 1.807) is 7.05 Å². The first-order chi connectivity index (χ1) is 8.86. The number of benzene rings is 1. The van der Waals surface area contributed by atoms with Gasteiger partial charge in [-0.1, -0.05) is 44.2 Å². The molecule has 0 spiro atoms. The zero-order valence-electron chi connectivity index (χ0n) is 12.7. The molecular formula is C16H26N2O. The Bertz CT molecular complexity index is 400. The van der Waals surface area contributed by atoms with E-state index in [2.05, 4.69) is 55.7 Å². The van der Waals surface area contributed by atoms with E-state index in [4.69, 9.17) is 0 Å². The van der Waals surface area contributed by atoms with Gasteiger partial charge in [0.05, 0.1) is 6.04 Å². The standard InChI is InChI=1S/C16H26N2O/c1-12(18-13(2)15(19)17-5)11-16(3,4)14-9-7-6-8-10-14/h6-10,12-13,18H,11H2,1-5H3,(H,17,19). The second kappa shape index (κ2) is 6.71. The van der Waals surface area contributed by atoms with Gasteiger partial charge in [-0.15, -0.1) is 0 Å². The van der Waals surface area contributed by atoms with Gasteiger partial charge < -0.3 is 10.6 Å². The molecule has 3 heteroatoms.